The molecule has 0 aliphatic heterocycles. The predicted octanol–water partition coefficient (Wildman–Crippen LogP) is 4.26. The van der Waals surface area contributed by atoms with Crippen LogP contribution in [0.5, 0.6) is 0 Å². The summed E-state index contributed by atoms with van der Waals surface area (Å²) in [5, 5.41) is 0. The van der Waals surface area contributed by atoms with Crippen LogP contribution in [0.15, 0.2) is 17.0 Å². The van der Waals surface area contributed by atoms with Crippen LogP contribution in [0.4, 0.5) is 0 Å². The molecule has 19 heavy (non-hydrogen) atoms. The van der Waals surface area contributed by atoms with Crippen LogP contribution < -0.4 is 0 Å². The number of hydrogen-bond acceptors (Lipinski definition) is 1. The van der Waals surface area contributed by atoms with Crippen LogP contribution in [0.3, 0.4) is 0 Å². The summed E-state index contributed by atoms with van der Waals surface area (Å²) in [4.78, 5) is 0.615. The first-order valence-corrected chi connectivity index (χ1v) is 7.64. The summed E-state index contributed by atoms with van der Waals surface area (Å²) in [6.07, 6.45) is 0. The van der Waals surface area contributed by atoms with Gasteiger partial charge in [-0.05, 0) is 34.4 Å². The van der Waals surface area contributed by atoms with Crippen molar-refractivity contribution in [3.05, 3.63) is 28.8 Å². The van der Waals surface area contributed by atoms with Crippen molar-refractivity contribution in [2.45, 2.75) is 64.2 Å². The van der Waals surface area contributed by atoms with Gasteiger partial charge in [-0.3, -0.25) is 0 Å². The van der Waals surface area contributed by atoms with Crippen LogP contribution >= 0.6 is 0 Å². The van der Waals surface area contributed by atoms with Crippen molar-refractivity contribution in [2.24, 2.45) is 0 Å². The maximum Gasteiger partial charge on any atom is 0.187 e. The minimum absolute atomic E-state index is 0. The first-order chi connectivity index (χ1) is 8.25. The van der Waals surface area contributed by atoms with Crippen molar-refractivity contribution in [1.82, 2.24) is 0 Å². The van der Waals surface area contributed by atoms with Crippen LogP contribution in [-0.2, 0) is 11.1 Å². The summed E-state index contributed by atoms with van der Waals surface area (Å²) in [6, 6.07) is 4.18. The average Bonchev–Trinajstić information content (AvgIpc) is 2.26. The molecule has 104 valence electrons. The van der Waals surface area contributed by atoms with Gasteiger partial charge in [-0.25, -0.2) is 4.21 Å². The Balaban J connectivity index is 0.00000324. The Morgan fingerprint density at radius 2 is 1.26 bits per heavy atom. The van der Waals surface area contributed by atoms with Gasteiger partial charge in [-0.2, -0.15) is 0 Å². The van der Waals surface area contributed by atoms with E-state index in [-0.39, 0.29) is 49.6 Å². The molecule has 0 aliphatic rings. The van der Waals surface area contributed by atoms with Crippen LogP contribution in [0.2, 0.25) is 0 Å². The molecule has 0 heterocycles. The zero-order valence-corrected chi connectivity index (χ0v) is 15.9. The number of rotatable bonds is 4. The van der Waals surface area contributed by atoms with E-state index >= 15 is 0 Å². The fraction of sp³-hybridized carbons (Fsp3) is 0.600. The van der Waals surface area contributed by atoms with Gasteiger partial charge in [-0.15, -0.1) is 0 Å². The molecule has 0 aromatic heterocycles. The van der Waals surface area contributed by atoms with Gasteiger partial charge >= 0.3 is 0 Å². The fourth-order valence-corrected chi connectivity index (χ4v) is 3.08. The summed E-state index contributed by atoms with van der Waals surface area (Å²) >= 11 is -1.91. The Hall–Kier alpha value is 0.590. The summed E-state index contributed by atoms with van der Waals surface area (Å²) in [7, 11) is 0. The molecule has 2 nitrogen and oxygen atoms in total. The summed E-state index contributed by atoms with van der Waals surface area (Å²) in [5.74, 6) is 0.945. The molecule has 1 aromatic rings. The Morgan fingerprint density at radius 3 is 1.47 bits per heavy atom. The maximum absolute atomic E-state index is 11.6. The van der Waals surface area contributed by atoms with Gasteiger partial charge < -0.3 is 4.55 Å². The molecular formula is C15H24CaO2S. The summed E-state index contributed by atoms with van der Waals surface area (Å²) < 4.78 is 21.2. The van der Waals surface area contributed by atoms with Crippen LogP contribution in [0, 0.1) is 0 Å². The van der Waals surface area contributed by atoms with Crippen molar-refractivity contribution >= 4 is 48.8 Å². The van der Waals surface area contributed by atoms with Crippen LogP contribution in [-0.4, -0.2) is 46.5 Å². The molecule has 2 radical (unpaired) electrons. The molecule has 0 bridgehead atoms. The molecule has 1 aromatic carbocycles. The smallest absolute Gasteiger partial charge is 0.187 e. The molecule has 1 rings (SSSR count). The minimum atomic E-state index is -1.91. The van der Waals surface area contributed by atoms with E-state index in [1.54, 1.807) is 0 Å². The molecule has 0 spiro atoms. The van der Waals surface area contributed by atoms with E-state index in [4.69, 9.17) is 0 Å². The van der Waals surface area contributed by atoms with Crippen molar-refractivity contribution in [3.8, 4) is 0 Å². The Labute approximate surface area is 149 Å². The van der Waals surface area contributed by atoms with E-state index in [0.717, 1.165) is 11.1 Å². The quantitative estimate of drug-likeness (QED) is 0.666. The largest absolute Gasteiger partial charge is 0.302 e. The number of hydrogen-bond donors (Lipinski definition) is 1. The Kier molecular flexibility index (Phi) is 8.39. The fourth-order valence-electron chi connectivity index (χ4n) is 2.09. The van der Waals surface area contributed by atoms with Crippen molar-refractivity contribution < 1.29 is 8.76 Å². The van der Waals surface area contributed by atoms with Gasteiger partial charge in [-0.1, -0.05) is 53.7 Å². The van der Waals surface area contributed by atoms with Crippen molar-refractivity contribution in [3.63, 3.8) is 0 Å². The van der Waals surface area contributed by atoms with Crippen molar-refractivity contribution in [1.29, 1.82) is 0 Å². The van der Waals surface area contributed by atoms with Gasteiger partial charge in [0.25, 0.3) is 0 Å². The van der Waals surface area contributed by atoms with E-state index in [2.05, 4.69) is 53.7 Å². The van der Waals surface area contributed by atoms with Crippen molar-refractivity contribution in [2.75, 3.05) is 0 Å². The summed E-state index contributed by atoms with van der Waals surface area (Å²) in [6.45, 7) is 12.6. The third-order valence-electron chi connectivity index (χ3n) is 3.25. The minimum Gasteiger partial charge on any atom is -0.302 e. The van der Waals surface area contributed by atoms with E-state index in [9.17, 15) is 8.76 Å². The van der Waals surface area contributed by atoms with E-state index < -0.39 is 11.1 Å². The molecule has 1 unspecified atom stereocenters. The molecule has 0 fully saturated rings. The van der Waals surface area contributed by atoms with Gasteiger partial charge in [0.15, 0.2) is 11.1 Å². The molecule has 0 saturated heterocycles. The normalized spacial score (nSPS) is 12.9. The third-order valence-corrected chi connectivity index (χ3v) is 4.07. The topological polar surface area (TPSA) is 37.3 Å². The van der Waals surface area contributed by atoms with E-state index in [1.165, 1.54) is 5.56 Å². The first-order valence-electron chi connectivity index (χ1n) is 6.54. The van der Waals surface area contributed by atoms with E-state index in [1.807, 2.05) is 0 Å². The molecular weight excluding hydrogens is 284 g/mol. The maximum atomic E-state index is 11.6. The Morgan fingerprint density at radius 1 is 0.895 bits per heavy atom. The second-order valence-electron chi connectivity index (χ2n) is 5.74. The molecule has 0 aliphatic carbocycles. The zero-order chi connectivity index (χ0) is 14.0. The standard InChI is InChI=1S/C15H24O2S.Ca/c1-9(2)12-7-13(10(3)4)15(18(16)17)14(8-12)11(5)6;/h7-11H,1-6H3,(H,16,17);. The monoisotopic (exact) mass is 308 g/mol. The second kappa shape index (κ2) is 8.14. The predicted molar refractivity (Wildman–Crippen MR) is 83.5 cm³/mol. The van der Waals surface area contributed by atoms with Gasteiger partial charge in [0.1, 0.15) is 0 Å². The Bertz CT molecular complexity index is 424. The van der Waals surface area contributed by atoms with Gasteiger partial charge in [0.2, 0.25) is 0 Å². The third kappa shape index (κ3) is 4.82. The first kappa shape index (κ1) is 19.6. The molecule has 1 N–H and O–H groups in total. The second-order valence-corrected chi connectivity index (χ2v) is 6.65. The number of benzene rings is 1. The van der Waals surface area contributed by atoms with Crippen LogP contribution in [0.1, 0.15) is 76.0 Å². The van der Waals surface area contributed by atoms with Crippen LogP contribution in [0.25, 0.3) is 0 Å². The molecule has 4 heteroatoms. The van der Waals surface area contributed by atoms with Gasteiger partial charge in [0.05, 0.1) is 4.90 Å². The summed E-state index contributed by atoms with van der Waals surface area (Å²) in [5.41, 5.74) is 3.26. The van der Waals surface area contributed by atoms with E-state index in [0.29, 0.717) is 10.8 Å². The zero-order valence-electron chi connectivity index (χ0n) is 12.9. The molecule has 0 saturated carbocycles. The van der Waals surface area contributed by atoms with Gasteiger partial charge in [0, 0.05) is 37.7 Å². The average molecular weight is 308 g/mol. The SMILES string of the molecule is CC(C)c1cc(C(C)C)c(S(=O)O)c(C(C)C)c1.[Ca]. The molecule has 0 amide bonds. The molecule has 1 atom stereocenters.